The number of hydrogen-bond donors (Lipinski definition) is 3. The van der Waals surface area contributed by atoms with Gasteiger partial charge in [0.2, 0.25) is 5.91 Å². The van der Waals surface area contributed by atoms with Crippen molar-refractivity contribution < 1.29 is 4.79 Å². The maximum absolute atomic E-state index is 11.5. The highest BCUT2D eigenvalue weighted by molar-refractivity contribution is 14.0. The SMILES string of the molecule is CCNC(=NCCCc1ccc(Cl)cc1)NCCNC(=O)C1CC1.I. The van der Waals surface area contributed by atoms with Crippen molar-refractivity contribution >= 4 is 47.4 Å². The molecule has 1 amide bonds. The second-order valence-corrected chi connectivity index (χ2v) is 6.42. The Morgan fingerprint density at radius 3 is 2.48 bits per heavy atom. The predicted octanol–water partition coefficient (Wildman–Crippen LogP) is 2.97. The van der Waals surface area contributed by atoms with E-state index in [9.17, 15) is 4.79 Å². The predicted molar refractivity (Wildman–Crippen MR) is 115 cm³/mol. The van der Waals surface area contributed by atoms with Crippen molar-refractivity contribution in [2.75, 3.05) is 26.2 Å². The van der Waals surface area contributed by atoms with Gasteiger partial charge in [-0.15, -0.1) is 24.0 Å². The van der Waals surface area contributed by atoms with Crippen molar-refractivity contribution in [1.29, 1.82) is 0 Å². The first-order valence-electron chi connectivity index (χ1n) is 8.73. The van der Waals surface area contributed by atoms with Crippen LogP contribution in [0.1, 0.15) is 31.7 Å². The molecule has 1 saturated carbocycles. The van der Waals surface area contributed by atoms with Gasteiger partial charge in [-0.1, -0.05) is 23.7 Å². The van der Waals surface area contributed by atoms with Crippen molar-refractivity contribution in [3.05, 3.63) is 34.9 Å². The number of halogens is 2. The van der Waals surface area contributed by atoms with E-state index in [0.717, 1.165) is 49.8 Å². The van der Waals surface area contributed by atoms with Crippen LogP contribution in [0.5, 0.6) is 0 Å². The molecule has 2 rings (SSSR count). The van der Waals surface area contributed by atoms with Crippen molar-refractivity contribution in [1.82, 2.24) is 16.0 Å². The molecule has 25 heavy (non-hydrogen) atoms. The highest BCUT2D eigenvalue weighted by Crippen LogP contribution is 2.28. The lowest BCUT2D eigenvalue weighted by atomic mass is 10.1. The Balaban J connectivity index is 0.00000312. The number of aliphatic imine (C=N–C) groups is 1. The van der Waals surface area contributed by atoms with Crippen LogP contribution >= 0.6 is 35.6 Å². The summed E-state index contributed by atoms with van der Waals surface area (Å²) < 4.78 is 0. The zero-order valence-corrected chi connectivity index (χ0v) is 17.8. The quantitative estimate of drug-likeness (QED) is 0.221. The lowest BCUT2D eigenvalue weighted by Crippen LogP contribution is -2.41. The molecule has 1 aliphatic carbocycles. The van der Waals surface area contributed by atoms with Gasteiger partial charge in [-0.3, -0.25) is 9.79 Å². The van der Waals surface area contributed by atoms with E-state index < -0.39 is 0 Å². The van der Waals surface area contributed by atoms with E-state index >= 15 is 0 Å². The van der Waals surface area contributed by atoms with Gasteiger partial charge >= 0.3 is 0 Å². The van der Waals surface area contributed by atoms with E-state index in [1.165, 1.54) is 5.56 Å². The molecule has 0 heterocycles. The van der Waals surface area contributed by atoms with Crippen molar-refractivity contribution in [3.63, 3.8) is 0 Å². The highest BCUT2D eigenvalue weighted by atomic mass is 127. The number of hydrogen-bond acceptors (Lipinski definition) is 2. The zero-order valence-electron chi connectivity index (χ0n) is 14.7. The molecule has 3 N–H and O–H groups in total. The van der Waals surface area contributed by atoms with Gasteiger partial charge in [0.05, 0.1) is 0 Å². The first-order chi connectivity index (χ1) is 11.7. The molecule has 0 aliphatic heterocycles. The largest absolute Gasteiger partial charge is 0.357 e. The Labute approximate surface area is 172 Å². The molecule has 0 atom stereocenters. The van der Waals surface area contributed by atoms with E-state index in [2.05, 4.69) is 33.1 Å². The Bertz CT molecular complexity index is 547. The van der Waals surface area contributed by atoms with Crippen LogP contribution in [0.15, 0.2) is 29.3 Å². The molecule has 140 valence electrons. The van der Waals surface area contributed by atoms with Crippen LogP contribution in [0.4, 0.5) is 0 Å². The summed E-state index contributed by atoms with van der Waals surface area (Å²) in [6.45, 7) is 4.93. The van der Waals surface area contributed by atoms with Gasteiger partial charge in [0.1, 0.15) is 0 Å². The first kappa shape index (κ1) is 22.0. The summed E-state index contributed by atoms with van der Waals surface area (Å²) in [7, 11) is 0. The number of aryl methyl sites for hydroxylation is 1. The summed E-state index contributed by atoms with van der Waals surface area (Å²) in [5, 5.41) is 10.2. The standard InChI is InChI=1S/C18H27ClN4O.HI/c1-2-20-18(23-13-12-21-17(24)15-7-8-15)22-11-3-4-14-5-9-16(19)10-6-14;/h5-6,9-10,15H,2-4,7-8,11-13H2,1H3,(H,21,24)(H2,20,22,23);1H. The Morgan fingerprint density at radius 1 is 1.16 bits per heavy atom. The number of nitrogens with one attached hydrogen (secondary N) is 3. The van der Waals surface area contributed by atoms with E-state index in [0.29, 0.717) is 13.1 Å². The summed E-state index contributed by atoms with van der Waals surface area (Å²) in [6.07, 6.45) is 4.04. The van der Waals surface area contributed by atoms with Gasteiger partial charge in [-0.2, -0.15) is 0 Å². The number of carbonyl (C=O) groups is 1. The zero-order chi connectivity index (χ0) is 17.2. The number of nitrogens with zero attached hydrogens (tertiary/aromatic N) is 1. The molecule has 0 radical (unpaired) electrons. The van der Waals surface area contributed by atoms with Gasteiger partial charge in [-0.05, 0) is 50.3 Å². The summed E-state index contributed by atoms with van der Waals surface area (Å²) in [6, 6.07) is 7.94. The molecule has 5 nitrogen and oxygen atoms in total. The number of rotatable bonds is 9. The molecule has 1 aliphatic rings. The second kappa shape index (κ2) is 12.4. The maximum atomic E-state index is 11.5. The number of carbonyl (C=O) groups excluding carboxylic acids is 1. The van der Waals surface area contributed by atoms with Crippen molar-refractivity contribution in [2.24, 2.45) is 10.9 Å². The summed E-state index contributed by atoms with van der Waals surface area (Å²) in [4.78, 5) is 16.1. The van der Waals surface area contributed by atoms with E-state index in [1.54, 1.807) is 0 Å². The summed E-state index contributed by atoms with van der Waals surface area (Å²) >= 11 is 5.89. The van der Waals surface area contributed by atoms with Gasteiger partial charge in [-0.25, -0.2) is 0 Å². The van der Waals surface area contributed by atoms with Crippen molar-refractivity contribution in [3.8, 4) is 0 Å². The minimum absolute atomic E-state index is 0. The molecule has 1 aromatic carbocycles. The second-order valence-electron chi connectivity index (χ2n) is 5.98. The Morgan fingerprint density at radius 2 is 1.84 bits per heavy atom. The highest BCUT2D eigenvalue weighted by Gasteiger charge is 2.28. The molecule has 0 unspecified atom stereocenters. The van der Waals surface area contributed by atoms with Crippen LogP contribution in [-0.2, 0) is 11.2 Å². The van der Waals surface area contributed by atoms with Gasteiger partial charge in [0.15, 0.2) is 5.96 Å². The minimum Gasteiger partial charge on any atom is -0.357 e. The molecular formula is C18H28ClIN4O. The first-order valence-corrected chi connectivity index (χ1v) is 9.11. The fourth-order valence-corrected chi connectivity index (χ4v) is 2.45. The molecule has 1 aromatic rings. The van der Waals surface area contributed by atoms with Crippen LogP contribution in [0.2, 0.25) is 5.02 Å². The fourth-order valence-electron chi connectivity index (χ4n) is 2.32. The van der Waals surface area contributed by atoms with Gasteiger partial charge in [0, 0.05) is 37.1 Å². The third kappa shape index (κ3) is 9.30. The molecule has 0 saturated heterocycles. The third-order valence-corrected chi connectivity index (χ3v) is 4.07. The molecule has 0 bridgehead atoms. The lowest BCUT2D eigenvalue weighted by molar-refractivity contribution is -0.122. The maximum Gasteiger partial charge on any atom is 0.223 e. The molecule has 0 aromatic heterocycles. The van der Waals surface area contributed by atoms with Crippen molar-refractivity contribution in [2.45, 2.75) is 32.6 Å². The van der Waals surface area contributed by atoms with E-state index in [-0.39, 0.29) is 35.8 Å². The normalized spacial score (nSPS) is 13.8. The van der Waals surface area contributed by atoms with E-state index in [4.69, 9.17) is 11.6 Å². The van der Waals surface area contributed by atoms with Gasteiger partial charge in [0.25, 0.3) is 0 Å². The Hall–Kier alpha value is -1.02. The number of benzene rings is 1. The third-order valence-electron chi connectivity index (χ3n) is 3.82. The van der Waals surface area contributed by atoms with Gasteiger partial charge < -0.3 is 16.0 Å². The monoisotopic (exact) mass is 478 g/mol. The number of guanidine groups is 1. The molecule has 0 spiro atoms. The Kier molecular flexibility index (Phi) is 10.9. The van der Waals surface area contributed by atoms with E-state index in [1.807, 2.05) is 19.1 Å². The van der Waals surface area contributed by atoms with Crippen LogP contribution in [-0.4, -0.2) is 38.0 Å². The smallest absolute Gasteiger partial charge is 0.223 e. The molecule has 7 heteroatoms. The topological polar surface area (TPSA) is 65.5 Å². The lowest BCUT2D eigenvalue weighted by Gasteiger charge is -2.11. The molecular weight excluding hydrogens is 451 g/mol. The average Bonchev–Trinajstić information content (AvgIpc) is 3.41. The minimum atomic E-state index is 0. The fraction of sp³-hybridized carbons (Fsp3) is 0.556. The number of amides is 1. The summed E-state index contributed by atoms with van der Waals surface area (Å²) in [5.74, 6) is 1.25. The average molecular weight is 479 g/mol. The van der Waals surface area contributed by atoms with Crippen LogP contribution in [0.25, 0.3) is 0 Å². The molecule has 1 fully saturated rings. The van der Waals surface area contributed by atoms with Crippen LogP contribution < -0.4 is 16.0 Å². The van der Waals surface area contributed by atoms with Crippen LogP contribution in [0.3, 0.4) is 0 Å². The van der Waals surface area contributed by atoms with Crippen LogP contribution in [0, 0.1) is 5.92 Å². The summed E-state index contributed by atoms with van der Waals surface area (Å²) in [5.41, 5.74) is 1.27.